The van der Waals surface area contributed by atoms with Crippen LogP contribution in [0.15, 0.2) is 48.7 Å². The van der Waals surface area contributed by atoms with Gasteiger partial charge in [0.15, 0.2) is 0 Å². The number of hydrogen-bond acceptors (Lipinski definition) is 6. The van der Waals surface area contributed by atoms with Crippen LogP contribution in [0.4, 0.5) is 4.79 Å². The van der Waals surface area contributed by atoms with E-state index in [2.05, 4.69) is 10.3 Å². The molecule has 2 amide bonds. The Morgan fingerprint density at radius 2 is 1.87 bits per heavy atom. The fraction of sp³-hybridized carbons (Fsp3) is 0.433. The zero-order chi connectivity index (χ0) is 27.7. The number of nitrogens with one attached hydrogen (secondary N) is 1. The maximum Gasteiger partial charge on any atom is 0.410 e. The summed E-state index contributed by atoms with van der Waals surface area (Å²) >= 11 is 0. The molecule has 4 rings (SSSR count). The van der Waals surface area contributed by atoms with Crippen LogP contribution in [0, 0.1) is 6.92 Å². The third-order valence-electron chi connectivity index (χ3n) is 6.84. The molecular formula is C30H37N3O5. The number of aromatic nitrogens is 1. The minimum atomic E-state index is -0.572. The summed E-state index contributed by atoms with van der Waals surface area (Å²) in [6.45, 7) is 9.54. The van der Waals surface area contributed by atoms with Gasteiger partial charge in [-0.2, -0.15) is 0 Å². The predicted molar refractivity (Wildman–Crippen MR) is 147 cm³/mol. The molecule has 1 atom stereocenters. The molecule has 1 N–H and O–H groups in total. The summed E-state index contributed by atoms with van der Waals surface area (Å²) in [5.74, 6) is 1.11. The van der Waals surface area contributed by atoms with E-state index in [1.165, 1.54) is 4.90 Å². The number of nitrogens with zero attached hydrogens (tertiary/aromatic N) is 2. The first-order chi connectivity index (χ1) is 17.9. The maximum atomic E-state index is 13.5. The first kappa shape index (κ1) is 27.2. The van der Waals surface area contributed by atoms with Crippen molar-refractivity contribution in [1.82, 2.24) is 15.2 Å². The number of carbonyl (C=O) groups is 2. The van der Waals surface area contributed by atoms with E-state index in [0.717, 1.165) is 34.9 Å². The van der Waals surface area contributed by atoms with Crippen molar-refractivity contribution in [2.75, 3.05) is 20.8 Å². The maximum absolute atomic E-state index is 13.5. The van der Waals surface area contributed by atoms with Gasteiger partial charge in [0.1, 0.15) is 23.7 Å². The van der Waals surface area contributed by atoms with Crippen LogP contribution in [0.2, 0.25) is 0 Å². The number of aryl methyl sites for hydroxylation is 1. The van der Waals surface area contributed by atoms with Crippen LogP contribution in [0.3, 0.4) is 0 Å². The number of ether oxygens (including phenoxy) is 3. The number of benzene rings is 2. The molecule has 0 saturated heterocycles. The van der Waals surface area contributed by atoms with Crippen LogP contribution in [-0.4, -0.2) is 54.3 Å². The van der Waals surface area contributed by atoms with Crippen molar-refractivity contribution in [3.05, 3.63) is 65.4 Å². The summed E-state index contributed by atoms with van der Waals surface area (Å²) in [5, 5.41) is 4.29. The molecule has 1 unspecified atom stereocenters. The smallest absolute Gasteiger partial charge is 0.410 e. The van der Waals surface area contributed by atoms with Gasteiger partial charge in [0.25, 0.3) is 5.91 Å². The molecule has 0 spiro atoms. The fourth-order valence-electron chi connectivity index (χ4n) is 4.32. The lowest BCUT2D eigenvalue weighted by Gasteiger charge is -2.28. The molecule has 3 aromatic rings. The predicted octanol–water partition coefficient (Wildman–Crippen LogP) is 5.61. The second-order valence-corrected chi connectivity index (χ2v) is 11.0. The first-order valence-electron chi connectivity index (χ1n) is 12.9. The van der Waals surface area contributed by atoms with Gasteiger partial charge in [-0.3, -0.25) is 9.78 Å². The minimum Gasteiger partial charge on any atom is -0.497 e. The Morgan fingerprint density at radius 1 is 1.13 bits per heavy atom. The number of pyridine rings is 1. The highest BCUT2D eigenvalue weighted by Gasteiger charge is 2.47. The molecule has 0 radical (unpaired) electrons. The number of carbonyl (C=O) groups excluding carboxylic acids is 2. The standard InChI is InChI=1S/C30H37N3O5/c1-19-10-11-21(37-18-20(2)33(6)28(35)38-29(3,4)5)15-24(19)27(34)32-30(12-13-30)25-16-22(36-7)17-26-23(25)9-8-14-31-26/h8-11,14-17,20H,12-13,18H2,1-7H3,(H,32,34). The minimum absolute atomic E-state index is 0.163. The number of methoxy groups -OCH3 is 1. The highest BCUT2D eigenvalue weighted by molar-refractivity contribution is 5.97. The highest BCUT2D eigenvalue weighted by atomic mass is 16.6. The van der Waals surface area contributed by atoms with E-state index in [4.69, 9.17) is 14.2 Å². The second kappa shape index (κ2) is 10.5. The van der Waals surface area contributed by atoms with E-state index in [-0.39, 0.29) is 18.6 Å². The van der Waals surface area contributed by atoms with Gasteiger partial charge in [-0.1, -0.05) is 12.1 Å². The molecule has 0 aliphatic heterocycles. The Kier molecular flexibility index (Phi) is 7.54. The summed E-state index contributed by atoms with van der Waals surface area (Å²) in [4.78, 5) is 31.9. The third kappa shape index (κ3) is 6.01. The molecule has 1 saturated carbocycles. The third-order valence-corrected chi connectivity index (χ3v) is 6.84. The van der Waals surface area contributed by atoms with E-state index in [1.54, 1.807) is 26.4 Å². The Balaban J connectivity index is 1.49. The van der Waals surface area contributed by atoms with E-state index >= 15 is 0 Å². The van der Waals surface area contributed by atoms with Gasteiger partial charge >= 0.3 is 6.09 Å². The molecule has 202 valence electrons. The average Bonchev–Trinajstić information content (AvgIpc) is 3.65. The molecule has 38 heavy (non-hydrogen) atoms. The Labute approximate surface area is 224 Å². The van der Waals surface area contributed by atoms with E-state index in [1.807, 2.05) is 71.0 Å². The molecule has 8 nitrogen and oxygen atoms in total. The number of hydrogen-bond donors (Lipinski definition) is 1. The van der Waals surface area contributed by atoms with Crippen LogP contribution in [-0.2, 0) is 10.3 Å². The zero-order valence-corrected chi connectivity index (χ0v) is 23.3. The zero-order valence-electron chi connectivity index (χ0n) is 23.3. The summed E-state index contributed by atoms with van der Waals surface area (Å²) in [7, 11) is 3.32. The molecule has 1 aliphatic carbocycles. The van der Waals surface area contributed by atoms with Crippen molar-refractivity contribution in [1.29, 1.82) is 0 Å². The Bertz CT molecular complexity index is 1340. The molecule has 1 aliphatic rings. The second-order valence-electron chi connectivity index (χ2n) is 11.0. The van der Waals surface area contributed by atoms with Crippen LogP contribution in [0.1, 0.15) is 62.0 Å². The topological polar surface area (TPSA) is 90.0 Å². The lowest BCUT2D eigenvalue weighted by atomic mass is 9.97. The van der Waals surface area contributed by atoms with Crippen molar-refractivity contribution in [3.8, 4) is 11.5 Å². The number of fused-ring (bicyclic) bond motifs is 1. The van der Waals surface area contributed by atoms with Gasteiger partial charge in [0.2, 0.25) is 0 Å². The summed E-state index contributed by atoms with van der Waals surface area (Å²) < 4.78 is 16.9. The summed E-state index contributed by atoms with van der Waals surface area (Å²) in [6.07, 6.45) is 3.01. The molecule has 2 aromatic carbocycles. The lowest BCUT2D eigenvalue weighted by molar-refractivity contribution is 0.0195. The monoisotopic (exact) mass is 519 g/mol. The van der Waals surface area contributed by atoms with Crippen molar-refractivity contribution in [2.24, 2.45) is 0 Å². The van der Waals surface area contributed by atoms with Gasteiger partial charge in [0.05, 0.1) is 24.2 Å². The van der Waals surface area contributed by atoms with Gasteiger partial charge < -0.3 is 24.4 Å². The Hall–Kier alpha value is -3.81. The van der Waals surface area contributed by atoms with Crippen LogP contribution in [0.25, 0.3) is 10.9 Å². The summed E-state index contributed by atoms with van der Waals surface area (Å²) in [5.41, 5.74) is 2.20. The molecule has 1 fully saturated rings. The fourth-order valence-corrected chi connectivity index (χ4v) is 4.32. The molecular weight excluding hydrogens is 482 g/mol. The van der Waals surface area contributed by atoms with Crippen molar-refractivity contribution in [2.45, 2.75) is 64.6 Å². The SMILES string of the molecule is COc1cc(C2(NC(=O)c3cc(OCC(C)N(C)C(=O)OC(C)(C)C)ccc3C)CC2)c2cccnc2c1. The van der Waals surface area contributed by atoms with Gasteiger partial charge in [0, 0.05) is 30.3 Å². The molecule has 0 bridgehead atoms. The lowest BCUT2D eigenvalue weighted by Crippen LogP contribution is -2.42. The molecule has 8 heteroatoms. The largest absolute Gasteiger partial charge is 0.497 e. The summed E-state index contributed by atoms with van der Waals surface area (Å²) in [6, 6.07) is 13.1. The van der Waals surface area contributed by atoms with Crippen LogP contribution >= 0.6 is 0 Å². The highest BCUT2D eigenvalue weighted by Crippen LogP contribution is 2.49. The van der Waals surface area contributed by atoms with E-state index in [9.17, 15) is 9.59 Å². The number of amides is 2. The Morgan fingerprint density at radius 3 is 2.53 bits per heavy atom. The van der Waals surface area contributed by atoms with Gasteiger partial charge in [-0.25, -0.2) is 4.79 Å². The van der Waals surface area contributed by atoms with Gasteiger partial charge in [-0.15, -0.1) is 0 Å². The normalized spacial score (nSPS) is 14.9. The quantitative estimate of drug-likeness (QED) is 0.416. The van der Waals surface area contributed by atoms with Gasteiger partial charge in [-0.05, 0) is 82.9 Å². The van der Waals surface area contributed by atoms with Crippen LogP contribution in [0.5, 0.6) is 11.5 Å². The van der Waals surface area contributed by atoms with Crippen molar-refractivity contribution in [3.63, 3.8) is 0 Å². The van der Waals surface area contributed by atoms with Crippen molar-refractivity contribution < 1.29 is 23.8 Å². The molecule has 1 heterocycles. The first-order valence-corrected chi connectivity index (χ1v) is 12.9. The molecule has 1 aromatic heterocycles. The number of likely N-dealkylation sites (N-methyl/N-ethyl adjacent to an activating group) is 1. The van der Waals surface area contributed by atoms with E-state index in [0.29, 0.717) is 17.1 Å². The van der Waals surface area contributed by atoms with E-state index < -0.39 is 17.2 Å². The van der Waals surface area contributed by atoms with Crippen LogP contribution < -0.4 is 14.8 Å². The number of rotatable bonds is 8. The average molecular weight is 520 g/mol. The van der Waals surface area contributed by atoms with Crippen molar-refractivity contribution >= 4 is 22.9 Å².